The van der Waals surface area contributed by atoms with Crippen LogP contribution < -0.4 is 0 Å². The van der Waals surface area contributed by atoms with Crippen LogP contribution in [0.5, 0.6) is 0 Å². The Bertz CT molecular complexity index is 328. The fourth-order valence-electron chi connectivity index (χ4n) is 0.762. The lowest BCUT2D eigenvalue weighted by Crippen LogP contribution is -1.84. The zero-order valence-electron chi connectivity index (χ0n) is 6.37. The van der Waals surface area contributed by atoms with Crippen molar-refractivity contribution >= 4 is 39.3 Å². The lowest BCUT2D eigenvalue weighted by Gasteiger charge is -1.84. The third-order valence-electron chi connectivity index (χ3n) is 1.21. The van der Waals surface area contributed by atoms with E-state index in [-0.39, 0.29) is 0 Å². The Balaban J connectivity index is 2.89. The lowest BCUT2D eigenvalue weighted by atomic mass is 10.4. The monoisotopic (exact) mass is 246 g/mol. The Labute approximate surface area is 82.7 Å². The molecule has 0 atom stereocenters. The van der Waals surface area contributed by atoms with Crippen molar-refractivity contribution < 1.29 is 9.90 Å². The molecule has 0 saturated carbocycles. The second-order valence-electron chi connectivity index (χ2n) is 2.24. The van der Waals surface area contributed by atoms with E-state index in [2.05, 4.69) is 15.9 Å². The summed E-state index contributed by atoms with van der Waals surface area (Å²) in [5.74, 6) is -0.923. The van der Waals surface area contributed by atoms with Crippen LogP contribution in [0, 0.1) is 6.92 Å². The van der Waals surface area contributed by atoms with E-state index in [1.165, 1.54) is 0 Å². The van der Waals surface area contributed by atoms with Gasteiger partial charge < -0.3 is 5.11 Å². The van der Waals surface area contributed by atoms with Crippen molar-refractivity contribution in [3.05, 3.63) is 26.4 Å². The molecule has 0 amide bonds. The van der Waals surface area contributed by atoms with Gasteiger partial charge in [0.05, 0.1) is 0 Å². The van der Waals surface area contributed by atoms with Gasteiger partial charge in [-0.25, -0.2) is 4.79 Å². The number of rotatable bonds is 2. The quantitative estimate of drug-likeness (QED) is 0.816. The van der Waals surface area contributed by atoms with Crippen LogP contribution in [0.15, 0.2) is 16.6 Å². The molecule has 0 radical (unpaired) electrons. The highest BCUT2D eigenvalue weighted by molar-refractivity contribution is 9.10. The molecular weight excluding hydrogens is 240 g/mol. The molecule has 0 aromatic carbocycles. The first-order valence-electron chi connectivity index (χ1n) is 3.26. The van der Waals surface area contributed by atoms with E-state index < -0.39 is 5.97 Å². The van der Waals surface area contributed by atoms with Gasteiger partial charge in [0.1, 0.15) is 0 Å². The molecule has 1 N–H and O–H groups in total. The Hall–Kier alpha value is -0.610. The number of aryl methyl sites for hydroxylation is 1. The molecule has 4 heteroatoms. The third kappa shape index (κ3) is 2.46. The molecule has 0 saturated heterocycles. The number of carboxylic acids is 1. The minimum absolute atomic E-state index is 0.923. The van der Waals surface area contributed by atoms with Crippen molar-refractivity contribution in [2.24, 2.45) is 0 Å². The maximum atomic E-state index is 10.2. The largest absolute Gasteiger partial charge is 0.478 e. The summed E-state index contributed by atoms with van der Waals surface area (Å²) in [6, 6.07) is 1.96. The lowest BCUT2D eigenvalue weighted by molar-refractivity contribution is -0.131. The maximum Gasteiger partial charge on any atom is 0.328 e. The zero-order valence-corrected chi connectivity index (χ0v) is 8.78. The number of carbonyl (C=O) groups is 1. The molecule has 0 aliphatic rings. The predicted molar refractivity (Wildman–Crippen MR) is 53.4 cm³/mol. The fourth-order valence-corrected chi connectivity index (χ4v) is 2.45. The molecule has 0 spiro atoms. The molecule has 1 aromatic heterocycles. The van der Waals surface area contributed by atoms with E-state index in [0.29, 0.717) is 0 Å². The van der Waals surface area contributed by atoms with Gasteiger partial charge in [-0.1, -0.05) is 0 Å². The number of halogens is 1. The number of aliphatic carboxylic acids is 1. The molecule has 1 aromatic rings. The molecule has 2 nitrogen and oxygen atoms in total. The molecule has 0 aliphatic heterocycles. The average molecular weight is 247 g/mol. The molecule has 0 aliphatic carbocycles. The van der Waals surface area contributed by atoms with E-state index in [1.807, 2.05) is 13.0 Å². The standard InChI is InChI=1S/C8H7BrO2S/c1-5-4-6(9)7(12-5)2-3-8(10)11/h2-4H,1H3,(H,10,11)/b3-2+. The first-order valence-corrected chi connectivity index (χ1v) is 4.87. The van der Waals surface area contributed by atoms with Crippen molar-refractivity contribution in [1.82, 2.24) is 0 Å². The van der Waals surface area contributed by atoms with Gasteiger partial charge in [0.25, 0.3) is 0 Å². The Morgan fingerprint density at radius 3 is 2.83 bits per heavy atom. The van der Waals surface area contributed by atoms with Crippen LogP contribution in [0.1, 0.15) is 9.75 Å². The molecule has 1 heterocycles. The molecule has 0 unspecified atom stereocenters. The highest BCUT2D eigenvalue weighted by Crippen LogP contribution is 2.27. The van der Waals surface area contributed by atoms with Gasteiger partial charge >= 0.3 is 5.97 Å². The summed E-state index contributed by atoms with van der Waals surface area (Å²) in [5, 5.41) is 8.38. The molecule has 1 rings (SSSR count). The van der Waals surface area contributed by atoms with Gasteiger partial charge in [-0.05, 0) is 35.0 Å². The summed E-state index contributed by atoms with van der Waals surface area (Å²) in [4.78, 5) is 12.3. The Morgan fingerprint density at radius 2 is 2.42 bits per heavy atom. The zero-order chi connectivity index (χ0) is 9.14. The van der Waals surface area contributed by atoms with E-state index in [9.17, 15) is 4.79 Å². The van der Waals surface area contributed by atoms with Crippen molar-refractivity contribution in [2.75, 3.05) is 0 Å². The van der Waals surface area contributed by atoms with Gasteiger partial charge in [-0.15, -0.1) is 11.3 Å². The number of hydrogen-bond acceptors (Lipinski definition) is 2. The van der Waals surface area contributed by atoms with Crippen LogP contribution in [0.25, 0.3) is 6.08 Å². The highest BCUT2D eigenvalue weighted by atomic mass is 79.9. The first kappa shape index (κ1) is 9.48. The summed E-state index contributed by atoms with van der Waals surface area (Å²) >= 11 is 4.89. The summed E-state index contributed by atoms with van der Waals surface area (Å²) in [6.07, 6.45) is 2.72. The second kappa shape index (κ2) is 3.87. The van der Waals surface area contributed by atoms with E-state index in [0.717, 1.165) is 20.3 Å². The summed E-state index contributed by atoms with van der Waals surface area (Å²) in [7, 11) is 0. The number of thiophene rings is 1. The van der Waals surface area contributed by atoms with Crippen LogP contribution in [-0.4, -0.2) is 11.1 Å². The van der Waals surface area contributed by atoms with Crippen molar-refractivity contribution in [2.45, 2.75) is 6.92 Å². The van der Waals surface area contributed by atoms with E-state index in [4.69, 9.17) is 5.11 Å². The van der Waals surface area contributed by atoms with Crippen molar-refractivity contribution in [3.8, 4) is 0 Å². The second-order valence-corrected chi connectivity index (χ2v) is 4.38. The topological polar surface area (TPSA) is 37.3 Å². The molecular formula is C8H7BrO2S. The SMILES string of the molecule is Cc1cc(Br)c(/C=C/C(=O)O)s1. The summed E-state index contributed by atoms with van der Waals surface area (Å²) < 4.78 is 0.947. The van der Waals surface area contributed by atoms with Crippen molar-refractivity contribution in [1.29, 1.82) is 0 Å². The Kier molecular flexibility index (Phi) is 3.05. The molecule has 12 heavy (non-hydrogen) atoms. The van der Waals surface area contributed by atoms with Crippen molar-refractivity contribution in [3.63, 3.8) is 0 Å². The fraction of sp³-hybridized carbons (Fsp3) is 0.125. The summed E-state index contributed by atoms with van der Waals surface area (Å²) in [6.45, 7) is 1.98. The molecule has 0 fully saturated rings. The smallest absolute Gasteiger partial charge is 0.328 e. The number of hydrogen-bond donors (Lipinski definition) is 1. The third-order valence-corrected chi connectivity index (χ3v) is 3.15. The molecule has 0 bridgehead atoms. The minimum atomic E-state index is -0.923. The van der Waals surface area contributed by atoms with Crippen LogP contribution >= 0.6 is 27.3 Å². The van der Waals surface area contributed by atoms with Crippen LogP contribution in [-0.2, 0) is 4.79 Å². The highest BCUT2D eigenvalue weighted by Gasteiger charge is 2.00. The van der Waals surface area contributed by atoms with Gasteiger partial charge in [-0.2, -0.15) is 0 Å². The average Bonchev–Trinajstić information content (AvgIpc) is 2.26. The first-order chi connectivity index (χ1) is 5.59. The summed E-state index contributed by atoms with van der Waals surface area (Å²) in [5.41, 5.74) is 0. The Morgan fingerprint density at radius 1 is 1.75 bits per heavy atom. The molecule has 64 valence electrons. The van der Waals surface area contributed by atoms with E-state index in [1.54, 1.807) is 17.4 Å². The van der Waals surface area contributed by atoms with Gasteiger partial charge in [-0.3, -0.25) is 0 Å². The van der Waals surface area contributed by atoms with Crippen LogP contribution in [0.2, 0.25) is 0 Å². The van der Waals surface area contributed by atoms with Crippen LogP contribution in [0.3, 0.4) is 0 Å². The predicted octanol–water partition coefficient (Wildman–Crippen LogP) is 2.92. The minimum Gasteiger partial charge on any atom is -0.478 e. The van der Waals surface area contributed by atoms with Gasteiger partial charge in [0.2, 0.25) is 0 Å². The van der Waals surface area contributed by atoms with Crippen LogP contribution in [0.4, 0.5) is 0 Å². The number of carboxylic acid groups (broad SMARTS) is 1. The maximum absolute atomic E-state index is 10.2. The van der Waals surface area contributed by atoms with Gasteiger partial charge in [0.15, 0.2) is 0 Å². The van der Waals surface area contributed by atoms with Gasteiger partial charge in [0, 0.05) is 20.3 Å². The van der Waals surface area contributed by atoms with E-state index >= 15 is 0 Å². The normalized spacial score (nSPS) is 10.8.